The van der Waals surface area contributed by atoms with E-state index >= 15 is 0 Å². The maximum atomic E-state index is 11.5. The monoisotopic (exact) mass is 293 g/mol. The molecular formula is C15H23N3O3. The molecule has 1 heterocycles. The number of nitrogens with zero attached hydrogens (tertiary/aromatic N) is 2. The van der Waals surface area contributed by atoms with E-state index in [1.165, 1.54) is 0 Å². The second-order valence-electron chi connectivity index (χ2n) is 5.71. The molecule has 1 unspecified atom stereocenters. The second kappa shape index (κ2) is 6.76. The summed E-state index contributed by atoms with van der Waals surface area (Å²) in [6.45, 7) is 6.36. The highest BCUT2D eigenvalue weighted by atomic mass is 16.6. The molecule has 1 fully saturated rings. The van der Waals surface area contributed by atoms with Crippen LogP contribution in [-0.2, 0) is 0 Å². The highest BCUT2D eigenvalue weighted by molar-refractivity contribution is 5.70. The lowest BCUT2D eigenvalue weighted by Crippen LogP contribution is -2.25. The van der Waals surface area contributed by atoms with E-state index in [0.717, 1.165) is 26.1 Å². The Kier molecular flexibility index (Phi) is 5.01. The highest BCUT2D eigenvalue weighted by Crippen LogP contribution is 2.39. The lowest BCUT2D eigenvalue weighted by atomic mass is 10.1. The lowest BCUT2D eigenvalue weighted by molar-refractivity contribution is -0.385. The molecule has 6 heteroatoms. The molecule has 1 atom stereocenters. The number of benzene rings is 1. The van der Waals surface area contributed by atoms with Crippen LogP contribution in [0.5, 0.6) is 5.75 Å². The second-order valence-corrected chi connectivity index (χ2v) is 5.71. The third kappa shape index (κ3) is 3.64. The van der Waals surface area contributed by atoms with Gasteiger partial charge in [-0.25, -0.2) is 0 Å². The topological polar surface area (TPSA) is 67.6 Å². The zero-order valence-electron chi connectivity index (χ0n) is 12.8. The number of nitrogens with one attached hydrogen (secondary N) is 1. The Labute approximate surface area is 125 Å². The van der Waals surface area contributed by atoms with Crippen LogP contribution in [0.4, 0.5) is 11.4 Å². The highest BCUT2D eigenvalue weighted by Gasteiger charge is 2.30. The largest absolute Gasteiger partial charge is 0.484 e. The molecule has 1 aliphatic heterocycles. The summed E-state index contributed by atoms with van der Waals surface area (Å²) in [7, 11) is 1.93. The minimum Gasteiger partial charge on any atom is -0.484 e. The lowest BCUT2D eigenvalue weighted by Gasteiger charge is -2.20. The van der Waals surface area contributed by atoms with Crippen LogP contribution in [0.25, 0.3) is 0 Å². The summed E-state index contributed by atoms with van der Waals surface area (Å²) in [6.07, 6.45) is 0.961. The van der Waals surface area contributed by atoms with Crippen LogP contribution in [0.1, 0.15) is 20.3 Å². The molecule has 0 amide bonds. The van der Waals surface area contributed by atoms with Crippen molar-refractivity contribution in [2.45, 2.75) is 26.4 Å². The van der Waals surface area contributed by atoms with Crippen molar-refractivity contribution in [2.24, 2.45) is 5.92 Å². The average molecular weight is 293 g/mol. The van der Waals surface area contributed by atoms with Crippen LogP contribution in [0.3, 0.4) is 0 Å². The zero-order chi connectivity index (χ0) is 15.4. The maximum absolute atomic E-state index is 11.5. The van der Waals surface area contributed by atoms with Crippen molar-refractivity contribution in [1.82, 2.24) is 5.32 Å². The summed E-state index contributed by atoms with van der Waals surface area (Å²) in [5, 5.41) is 14.6. The van der Waals surface area contributed by atoms with Gasteiger partial charge in [-0.15, -0.1) is 0 Å². The third-order valence-electron chi connectivity index (χ3n) is 3.64. The molecule has 0 spiro atoms. The fraction of sp³-hybridized carbons (Fsp3) is 0.600. The first-order valence-corrected chi connectivity index (χ1v) is 7.36. The smallest absolute Gasteiger partial charge is 0.333 e. The van der Waals surface area contributed by atoms with Crippen LogP contribution in [-0.4, -0.2) is 37.7 Å². The standard InChI is InChI=1S/C15H23N3O3/c1-11(2)21-14-6-4-5-13(15(14)18(19)20)17-8-7-12(10-17)9-16-3/h4-6,11-12,16H,7-10H2,1-3H3. The Bertz CT molecular complexity index is 505. The predicted molar refractivity (Wildman–Crippen MR) is 83.1 cm³/mol. The number of nitro groups is 1. The van der Waals surface area contributed by atoms with Crippen LogP contribution in [0, 0.1) is 16.0 Å². The van der Waals surface area contributed by atoms with Crippen LogP contribution in [0.2, 0.25) is 0 Å². The summed E-state index contributed by atoms with van der Waals surface area (Å²) < 4.78 is 5.60. The van der Waals surface area contributed by atoms with Gasteiger partial charge in [0.1, 0.15) is 5.69 Å². The Morgan fingerprint density at radius 1 is 1.52 bits per heavy atom. The zero-order valence-corrected chi connectivity index (χ0v) is 12.8. The Morgan fingerprint density at radius 2 is 2.29 bits per heavy atom. The molecule has 1 saturated heterocycles. The summed E-state index contributed by atoms with van der Waals surface area (Å²) >= 11 is 0. The van der Waals surface area contributed by atoms with Crippen LogP contribution >= 0.6 is 0 Å². The van der Waals surface area contributed by atoms with Gasteiger partial charge in [0.2, 0.25) is 0 Å². The molecule has 6 nitrogen and oxygen atoms in total. The van der Waals surface area contributed by atoms with E-state index in [9.17, 15) is 10.1 Å². The van der Waals surface area contributed by atoms with Gasteiger partial charge < -0.3 is 15.0 Å². The molecule has 0 saturated carbocycles. The number of nitro benzene ring substituents is 1. The summed E-state index contributed by atoms with van der Waals surface area (Å²) in [6, 6.07) is 5.31. The van der Waals surface area contributed by atoms with Crippen molar-refractivity contribution < 1.29 is 9.66 Å². The molecule has 2 rings (SSSR count). The quantitative estimate of drug-likeness (QED) is 0.644. The number of anilines is 1. The molecular weight excluding hydrogens is 270 g/mol. The van der Waals surface area contributed by atoms with Crippen molar-refractivity contribution in [3.63, 3.8) is 0 Å². The predicted octanol–water partition coefficient (Wildman–Crippen LogP) is 2.43. The number of hydrogen-bond acceptors (Lipinski definition) is 5. The summed E-state index contributed by atoms with van der Waals surface area (Å²) in [5.74, 6) is 0.883. The fourth-order valence-electron chi connectivity index (χ4n) is 2.81. The van der Waals surface area contributed by atoms with E-state index in [4.69, 9.17) is 4.74 Å². The van der Waals surface area contributed by atoms with Crippen molar-refractivity contribution in [2.75, 3.05) is 31.6 Å². The number of hydrogen-bond donors (Lipinski definition) is 1. The molecule has 1 aliphatic rings. The minimum atomic E-state index is -0.335. The molecule has 0 aromatic heterocycles. The number of rotatable bonds is 6. The molecule has 0 radical (unpaired) electrons. The molecule has 1 N–H and O–H groups in total. The van der Waals surface area contributed by atoms with Gasteiger partial charge in [0.15, 0.2) is 5.75 Å². The molecule has 1 aromatic carbocycles. The van der Waals surface area contributed by atoms with Gasteiger partial charge in [-0.1, -0.05) is 6.07 Å². The Balaban J connectivity index is 2.29. The SMILES string of the molecule is CNCC1CCN(c2cccc(OC(C)C)c2[N+](=O)[O-])C1. The van der Waals surface area contributed by atoms with Crippen molar-refractivity contribution in [3.05, 3.63) is 28.3 Å². The van der Waals surface area contributed by atoms with Gasteiger partial charge in [0.05, 0.1) is 11.0 Å². The van der Waals surface area contributed by atoms with Gasteiger partial charge in [-0.2, -0.15) is 0 Å². The van der Waals surface area contributed by atoms with Gasteiger partial charge in [-0.3, -0.25) is 10.1 Å². The summed E-state index contributed by atoms with van der Waals surface area (Å²) in [4.78, 5) is 13.2. The first-order chi connectivity index (χ1) is 10.0. The van der Waals surface area contributed by atoms with Gasteiger partial charge >= 0.3 is 5.69 Å². The van der Waals surface area contributed by atoms with E-state index < -0.39 is 0 Å². The molecule has 0 aliphatic carbocycles. The molecule has 21 heavy (non-hydrogen) atoms. The van der Waals surface area contributed by atoms with E-state index in [1.54, 1.807) is 6.07 Å². The first kappa shape index (κ1) is 15.6. The van der Waals surface area contributed by atoms with E-state index in [2.05, 4.69) is 10.2 Å². The average Bonchev–Trinajstić information content (AvgIpc) is 2.86. The first-order valence-electron chi connectivity index (χ1n) is 7.36. The van der Waals surface area contributed by atoms with Crippen LogP contribution < -0.4 is 15.0 Å². The number of ether oxygens (including phenoxy) is 1. The Hall–Kier alpha value is -1.82. The molecule has 1 aromatic rings. The van der Waals surface area contributed by atoms with E-state index in [1.807, 2.05) is 33.0 Å². The van der Waals surface area contributed by atoms with Crippen molar-refractivity contribution in [1.29, 1.82) is 0 Å². The number of para-hydroxylation sites is 1. The van der Waals surface area contributed by atoms with Crippen molar-refractivity contribution in [3.8, 4) is 5.75 Å². The van der Waals surface area contributed by atoms with Crippen LogP contribution in [0.15, 0.2) is 18.2 Å². The van der Waals surface area contributed by atoms with Crippen molar-refractivity contribution >= 4 is 11.4 Å². The van der Waals surface area contributed by atoms with E-state index in [0.29, 0.717) is 17.4 Å². The molecule has 116 valence electrons. The van der Waals surface area contributed by atoms with E-state index in [-0.39, 0.29) is 16.7 Å². The van der Waals surface area contributed by atoms with Gasteiger partial charge in [-0.05, 0) is 51.9 Å². The minimum absolute atomic E-state index is 0.0799. The maximum Gasteiger partial charge on any atom is 0.333 e. The third-order valence-corrected chi connectivity index (χ3v) is 3.64. The Morgan fingerprint density at radius 3 is 2.90 bits per heavy atom. The van der Waals surface area contributed by atoms with Gasteiger partial charge in [0.25, 0.3) is 0 Å². The van der Waals surface area contributed by atoms with Gasteiger partial charge in [0, 0.05) is 13.1 Å². The normalized spacial score (nSPS) is 18.3. The fourth-order valence-corrected chi connectivity index (χ4v) is 2.81. The summed E-state index contributed by atoms with van der Waals surface area (Å²) in [5.41, 5.74) is 0.744. The molecule has 0 bridgehead atoms.